The fraction of sp³-hybridized carbons (Fsp3) is 0.667. The molecule has 0 bridgehead atoms. The Morgan fingerprint density at radius 2 is 2.44 bits per heavy atom. The van der Waals surface area contributed by atoms with Crippen molar-refractivity contribution in [2.45, 2.75) is 6.92 Å². The number of aliphatic hydroxyl groups is 1. The van der Waals surface area contributed by atoms with Crippen LogP contribution in [-0.2, 0) is 4.74 Å². The summed E-state index contributed by atoms with van der Waals surface area (Å²) in [6.07, 6.45) is 2.52. The van der Waals surface area contributed by atoms with Gasteiger partial charge in [-0.1, -0.05) is 6.92 Å². The Balaban J connectivity index is 2.75. The molecule has 0 aliphatic carbocycles. The number of aliphatic hydroxyl groups excluding tert-OH is 1. The van der Waals surface area contributed by atoms with E-state index in [4.69, 9.17) is 9.84 Å². The van der Waals surface area contributed by atoms with E-state index >= 15 is 0 Å². The zero-order valence-electron chi connectivity index (χ0n) is 5.63. The maximum absolute atomic E-state index is 8.14. The second-order valence-corrected chi connectivity index (χ2v) is 1.50. The fourth-order valence-electron chi connectivity index (χ4n) is 0.344. The van der Waals surface area contributed by atoms with Gasteiger partial charge < -0.3 is 9.84 Å². The highest BCUT2D eigenvalue weighted by Gasteiger charge is 1.78. The van der Waals surface area contributed by atoms with Gasteiger partial charge in [0.1, 0.15) is 0 Å². The molecular weight excluding hydrogens is 118 g/mol. The van der Waals surface area contributed by atoms with Crippen LogP contribution in [0.5, 0.6) is 0 Å². The van der Waals surface area contributed by atoms with Crippen molar-refractivity contribution in [1.29, 1.82) is 0 Å². The van der Waals surface area contributed by atoms with Crippen LogP contribution in [0.4, 0.5) is 0 Å². The normalized spacial score (nSPS) is 10.8. The average molecular weight is 131 g/mol. The lowest BCUT2D eigenvalue weighted by Crippen LogP contribution is -2.16. The largest absolute Gasteiger partial charge is 0.516 e. The van der Waals surface area contributed by atoms with Crippen LogP contribution in [0, 0.1) is 0 Å². The molecule has 0 unspecified atom stereocenters. The maximum Gasteiger partial charge on any atom is 0.0969 e. The minimum Gasteiger partial charge on any atom is -0.516 e. The van der Waals surface area contributed by atoms with E-state index in [9.17, 15) is 0 Å². The highest BCUT2D eigenvalue weighted by atomic mass is 16.5. The van der Waals surface area contributed by atoms with Crippen LogP contribution < -0.4 is 5.32 Å². The van der Waals surface area contributed by atoms with Gasteiger partial charge in [0, 0.05) is 0 Å². The van der Waals surface area contributed by atoms with Crippen molar-refractivity contribution in [1.82, 2.24) is 5.32 Å². The Morgan fingerprint density at radius 1 is 1.67 bits per heavy atom. The van der Waals surface area contributed by atoms with Crippen LogP contribution in [-0.4, -0.2) is 25.0 Å². The quantitative estimate of drug-likeness (QED) is 0.327. The lowest BCUT2D eigenvalue weighted by molar-refractivity contribution is 0.143. The van der Waals surface area contributed by atoms with Crippen molar-refractivity contribution >= 4 is 0 Å². The highest BCUT2D eigenvalue weighted by molar-refractivity contribution is 4.69. The number of ether oxygens (including phenoxy) is 1. The summed E-state index contributed by atoms with van der Waals surface area (Å²) in [5.41, 5.74) is 0. The van der Waals surface area contributed by atoms with Gasteiger partial charge in [0.15, 0.2) is 0 Å². The summed E-state index contributed by atoms with van der Waals surface area (Å²) in [5.74, 6) is 0. The minimum absolute atomic E-state index is 0.462. The molecule has 0 heterocycles. The summed E-state index contributed by atoms with van der Waals surface area (Å²) in [7, 11) is 0. The molecule has 9 heavy (non-hydrogen) atoms. The van der Waals surface area contributed by atoms with E-state index in [1.54, 1.807) is 0 Å². The smallest absolute Gasteiger partial charge is 0.0969 e. The van der Waals surface area contributed by atoms with Crippen molar-refractivity contribution in [3.05, 3.63) is 12.3 Å². The van der Waals surface area contributed by atoms with Crippen LogP contribution in [0.3, 0.4) is 0 Å². The van der Waals surface area contributed by atoms with Crippen LogP contribution in [0.2, 0.25) is 0 Å². The van der Waals surface area contributed by atoms with Gasteiger partial charge in [-0.05, 0) is 12.6 Å². The summed E-state index contributed by atoms with van der Waals surface area (Å²) in [5, 5.41) is 11.1. The molecule has 2 N–H and O–H groups in total. The molecule has 0 atom stereocenters. The van der Waals surface area contributed by atoms with Crippen LogP contribution in [0.1, 0.15) is 6.92 Å². The third kappa shape index (κ3) is 7.46. The molecule has 0 aliphatic rings. The van der Waals surface area contributed by atoms with Crippen molar-refractivity contribution in [2.24, 2.45) is 0 Å². The Kier molecular flexibility index (Phi) is 7.01. The van der Waals surface area contributed by atoms with E-state index in [-0.39, 0.29) is 0 Å². The van der Waals surface area contributed by atoms with E-state index in [2.05, 4.69) is 5.32 Å². The Morgan fingerprint density at radius 3 is 3.00 bits per heavy atom. The highest BCUT2D eigenvalue weighted by Crippen LogP contribution is 1.71. The second-order valence-electron chi connectivity index (χ2n) is 1.50. The van der Waals surface area contributed by atoms with Crippen molar-refractivity contribution in [3.63, 3.8) is 0 Å². The Hall–Kier alpha value is -0.540. The third-order valence-corrected chi connectivity index (χ3v) is 0.774. The van der Waals surface area contributed by atoms with Crippen LogP contribution >= 0.6 is 0 Å². The van der Waals surface area contributed by atoms with E-state index in [0.29, 0.717) is 13.3 Å². The van der Waals surface area contributed by atoms with E-state index in [0.717, 1.165) is 12.8 Å². The summed E-state index contributed by atoms with van der Waals surface area (Å²) in [6.45, 7) is 3.92. The lowest BCUT2D eigenvalue weighted by Gasteiger charge is -1.98. The first kappa shape index (κ1) is 8.46. The molecule has 0 aromatic rings. The molecule has 0 aliphatic heterocycles. The molecule has 0 aromatic heterocycles. The molecule has 0 rings (SSSR count). The zero-order chi connectivity index (χ0) is 6.95. The predicted molar refractivity (Wildman–Crippen MR) is 36.3 cm³/mol. The van der Waals surface area contributed by atoms with Gasteiger partial charge in [0.2, 0.25) is 0 Å². The molecule has 0 amide bonds. The van der Waals surface area contributed by atoms with E-state index < -0.39 is 0 Å². The molecule has 0 radical (unpaired) electrons. The first-order chi connectivity index (χ1) is 4.41. The molecule has 0 saturated carbocycles. The zero-order valence-corrected chi connectivity index (χ0v) is 5.63. The number of hydrogen-bond donors (Lipinski definition) is 2. The maximum atomic E-state index is 8.14. The van der Waals surface area contributed by atoms with Gasteiger partial charge >= 0.3 is 0 Å². The lowest BCUT2D eigenvalue weighted by atomic mass is 10.7. The fourth-order valence-corrected chi connectivity index (χ4v) is 0.344. The Bertz CT molecular complexity index is 73.5. The molecule has 3 nitrogen and oxygen atoms in total. The standard InChI is InChI=1S/C6H13NO2/c1-2-7-6-9-5-3-4-8/h3-4,7-8H,2,5-6H2,1H3. The van der Waals surface area contributed by atoms with Crippen molar-refractivity contribution < 1.29 is 9.84 Å². The molecular formula is C6H13NO2. The van der Waals surface area contributed by atoms with Crippen LogP contribution in [0.25, 0.3) is 0 Å². The topological polar surface area (TPSA) is 41.5 Å². The number of nitrogens with one attached hydrogen (secondary N) is 1. The summed E-state index contributed by atoms with van der Waals surface area (Å²) < 4.78 is 4.96. The molecule has 0 fully saturated rings. The second kappa shape index (κ2) is 7.46. The van der Waals surface area contributed by atoms with Gasteiger partial charge in [-0.2, -0.15) is 0 Å². The predicted octanol–water partition coefficient (Wildman–Crippen LogP) is 0.642. The van der Waals surface area contributed by atoms with Crippen LogP contribution in [0.15, 0.2) is 12.3 Å². The Labute approximate surface area is 55.3 Å². The molecule has 3 heteroatoms. The number of rotatable bonds is 5. The molecule has 0 spiro atoms. The van der Waals surface area contributed by atoms with Gasteiger partial charge in [-0.25, -0.2) is 0 Å². The van der Waals surface area contributed by atoms with E-state index in [1.807, 2.05) is 6.92 Å². The monoisotopic (exact) mass is 131 g/mol. The van der Waals surface area contributed by atoms with Crippen molar-refractivity contribution in [3.8, 4) is 0 Å². The summed E-state index contributed by atoms with van der Waals surface area (Å²) >= 11 is 0. The van der Waals surface area contributed by atoms with Gasteiger partial charge in [-0.3, -0.25) is 5.32 Å². The molecule has 0 saturated heterocycles. The summed E-state index contributed by atoms with van der Waals surface area (Å²) in [4.78, 5) is 0. The first-order valence-corrected chi connectivity index (χ1v) is 2.99. The van der Waals surface area contributed by atoms with Crippen molar-refractivity contribution in [2.75, 3.05) is 19.9 Å². The van der Waals surface area contributed by atoms with Gasteiger partial charge in [0.05, 0.1) is 19.6 Å². The molecule has 54 valence electrons. The first-order valence-electron chi connectivity index (χ1n) is 2.99. The molecule has 0 aromatic carbocycles. The van der Waals surface area contributed by atoms with E-state index in [1.165, 1.54) is 6.08 Å². The summed E-state index contributed by atoms with van der Waals surface area (Å²) in [6, 6.07) is 0. The minimum atomic E-state index is 0.462. The SMILES string of the molecule is CCNCOCC=CO. The van der Waals surface area contributed by atoms with Gasteiger partial charge in [0.25, 0.3) is 0 Å². The van der Waals surface area contributed by atoms with Gasteiger partial charge in [-0.15, -0.1) is 0 Å². The number of hydrogen-bond acceptors (Lipinski definition) is 3. The average Bonchev–Trinajstić information content (AvgIpc) is 1.89. The third-order valence-electron chi connectivity index (χ3n) is 0.774.